The van der Waals surface area contributed by atoms with E-state index in [1.807, 2.05) is 0 Å². The Balaban J connectivity index is 1.98. The first-order valence-corrected chi connectivity index (χ1v) is 6.89. The highest BCUT2D eigenvalue weighted by Crippen LogP contribution is 2.31. The third-order valence-corrected chi connectivity index (χ3v) is 4.24. The number of hydrogen-bond acceptors (Lipinski definition) is 4. The van der Waals surface area contributed by atoms with E-state index in [1.54, 1.807) is 6.20 Å². The van der Waals surface area contributed by atoms with Gasteiger partial charge in [-0.3, -0.25) is 0 Å². The van der Waals surface area contributed by atoms with Crippen LogP contribution in [0.4, 0.5) is 13.2 Å². The monoisotopic (exact) mass is 310 g/mol. The Bertz CT molecular complexity index is 525. The van der Waals surface area contributed by atoms with Gasteiger partial charge in [0.25, 0.3) is 0 Å². The second-order valence-corrected chi connectivity index (χ2v) is 5.94. The highest BCUT2D eigenvalue weighted by Gasteiger charge is 2.30. The molecule has 0 spiro atoms. The van der Waals surface area contributed by atoms with Gasteiger partial charge in [-0.2, -0.15) is 13.2 Å². The van der Waals surface area contributed by atoms with Crippen molar-refractivity contribution in [2.24, 2.45) is 0 Å². The topological polar surface area (TPSA) is 25.8 Å². The molecule has 0 unspecified atom stereocenters. The van der Waals surface area contributed by atoms with Crippen LogP contribution in [-0.2, 0) is 11.9 Å². The van der Waals surface area contributed by atoms with E-state index in [0.717, 1.165) is 17.1 Å². The first kappa shape index (κ1) is 13.6. The minimum atomic E-state index is -4.35. The predicted octanol–water partition coefficient (Wildman–Crippen LogP) is 4.50. The highest BCUT2D eigenvalue weighted by molar-refractivity contribution is 7.98. The minimum Gasteiger partial charge on any atom is -0.249 e. The molecule has 0 N–H and O–H groups in total. The number of pyridine rings is 1. The van der Waals surface area contributed by atoms with E-state index in [1.165, 1.54) is 29.2 Å². The molecular weight excluding hydrogens is 305 g/mol. The van der Waals surface area contributed by atoms with Crippen LogP contribution in [0.3, 0.4) is 0 Å². The quantitative estimate of drug-likeness (QED) is 0.780. The maximum absolute atomic E-state index is 12.3. The van der Waals surface area contributed by atoms with Gasteiger partial charge in [-0.15, -0.1) is 23.1 Å². The molecule has 2 aromatic heterocycles. The standard InChI is InChI=1S/C10H6ClF3N2S2/c11-9-16-4-7(18-9)5-17-8-2-1-6(3-15-8)10(12,13)14/h1-4H,5H2. The molecule has 2 aromatic rings. The molecule has 2 heterocycles. The Hall–Kier alpha value is -0.790. The van der Waals surface area contributed by atoms with Crippen molar-refractivity contribution >= 4 is 34.7 Å². The van der Waals surface area contributed by atoms with Crippen LogP contribution in [0.25, 0.3) is 0 Å². The Labute approximate surface area is 114 Å². The molecule has 0 aliphatic heterocycles. The van der Waals surface area contributed by atoms with Crippen LogP contribution >= 0.6 is 34.7 Å². The number of nitrogens with zero attached hydrogens (tertiary/aromatic N) is 2. The number of alkyl halides is 3. The summed E-state index contributed by atoms with van der Waals surface area (Å²) in [6.45, 7) is 0. The van der Waals surface area contributed by atoms with Crippen molar-refractivity contribution in [3.8, 4) is 0 Å². The predicted molar refractivity (Wildman–Crippen MR) is 65.9 cm³/mol. The summed E-state index contributed by atoms with van der Waals surface area (Å²) < 4.78 is 37.4. The minimum absolute atomic E-state index is 0.450. The fraction of sp³-hybridized carbons (Fsp3) is 0.200. The van der Waals surface area contributed by atoms with E-state index in [0.29, 0.717) is 15.2 Å². The van der Waals surface area contributed by atoms with Crippen molar-refractivity contribution < 1.29 is 13.2 Å². The zero-order valence-corrected chi connectivity index (χ0v) is 11.1. The Kier molecular flexibility index (Phi) is 4.14. The molecule has 0 aromatic carbocycles. The summed E-state index contributed by atoms with van der Waals surface area (Å²) >= 11 is 8.35. The lowest BCUT2D eigenvalue weighted by atomic mass is 10.3. The fourth-order valence-electron chi connectivity index (χ4n) is 1.13. The number of halogens is 4. The average molecular weight is 311 g/mol. The largest absolute Gasteiger partial charge is 0.417 e. The average Bonchev–Trinajstić information content (AvgIpc) is 2.72. The number of rotatable bonds is 3. The van der Waals surface area contributed by atoms with Crippen molar-refractivity contribution in [3.05, 3.63) is 39.4 Å². The third-order valence-electron chi connectivity index (χ3n) is 1.95. The number of hydrogen-bond donors (Lipinski definition) is 0. The van der Waals surface area contributed by atoms with Crippen LogP contribution in [0.15, 0.2) is 29.6 Å². The molecule has 0 amide bonds. The Morgan fingerprint density at radius 2 is 2.00 bits per heavy atom. The van der Waals surface area contributed by atoms with Crippen LogP contribution in [0, 0.1) is 0 Å². The molecule has 0 radical (unpaired) electrons. The van der Waals surface area contributed by atoms with Gasteiger partial charge in [0.15, 0.2) is 4.47 Å². The van der Waals surface area contributed by atoms with Crippen molar-refractivity contribution in [3.63, 3.8) is 0 Å². The van der Waals surface area contributed by atoms with E-state index in [4.69, 9.17) is 11.6 Å². The summed E-state index contributed by atoms with van der Waals surface area (Å²) in [5.41, 5.74) is -0.743. The second kappa shape index (κ2) is 5.46. The molecule has 0 bridgehead atoms. The molecule has 0 atom stereocenters. The molecule has 8 heteroatoms. The molecule has 0 saturated carbocycles. The summed E-state index contributed by atoms with van der Waals surface area (Å²) in [5, 5.41) is 0.535. The molecular formula is C10H6ClF3N2S2. The number of thiazole rings is 1. The van der Waals surface area contributed by atoms with Gasteiger partial charge in [0.1, 0.15) is 0 Å². The molecule has 2 nitrogen and oxygen atoms in total. The first-order valence-electron chi connectivity index (χ1n) is 4.71. The van der Waals surface area contributed by atoms with Crippen LogP contribution in [0.2, 0.25) is 4.47 Å². The van der Waals surface area contributed by atoms with Crippen LogP contribution < -0.4 is 0 Å². The summed E-state index contributed by atoms with van der Waals surface area (Å²) in [7, 11) is 0. The van der Waals surface area contributed by atoms with Gasteiger partial charge in [0.2, 0.25) is 0 Å². The normalized spacial score (nSPS) is 11.8. The highest BCUT2D eigenvalue weighted by atomic mass is 35.5. The van der Waals surface area contributed by atoms with Crippen LogP contribution in [0.1, 0.15) is 10.4 Å². The Morgan fingerprint density at radius 1 is 1.22 bits per heavy atom. The Morgan fingerprint density at radius 3 is 2.50 bits per heavy atom. The molecule has 2 rings (SSSR count). The lowest BCUT2D eigenvalue weighted by Crippen LogP contribution is -2.05. The van der Waals surface area contributed by atoms with E-state index in [-0.39, 0.29) is 0 Å². The maximum atomic E-state index is 12.3. The number of aromatic nitrogens is 2. The van der Waals surface area contributed by atoms with Crippen molar-refractivity contribution in [2.45, 2.75) is 17.0 Å². The summed E-state index contributed by atoms with van der Waals surface area (Å²) in [6.07, 6.45) is -1.87. The van der Waals surface area contributed by atoms with Crippen molar-refractivity contribution in [1.29, 1.82) is 0 Å². The van der Waals surface area contributed by atoms with Crippen LogP contribution in [0.5, 0.6) is 0 Å². The van der Waals surface area contributed by atoms with E-state index >= 15 is 0 Å². The van der Waals surface area contributed by atoms with Gasteiger partial charge in [-0.05, 0) is 12.1 Å². The third kappa shape index (κ3) is 3.60. The number of thioether (sulfide) groups is 1. The second-order valence-electron chi connectivity index (χ2n) is 3.25. The van der Waals surface area contributed by atoms with Gasteiger partial charge in [0.05, 0.1) is 10.6 Å². The molecule has 0 aliphatic carbocycles. The van der Waals surface area contributed by atoms with Gasteiger partial charge in [-0.25, -0.2) is 9.97 Å². The van der Waals surface area contributed by atoms with E-state index < -0.39 is 11.7 Å². The van der Waals surface area contributed by atoms with Gasteiger partial charge < -0.3 is 0 Å². The molecule has 0 saturated heterocycles. The van der Waals surface area contributed by atoms with E-state index in [9.17, 15) is 13.2 Å². The molecule has 96 valence electrons. The summed E-state index contributed by atoms with van der Waals surface area (Å²) in [6, 6.07) is 2.38. The maximum Gasteiger partial charge on any atom is 0.417 e. The molecule has 0 aliphatic rings. The van der Waals surface area contributed by atoms with Crippen molar-refractivity contribution in [2.75, 3.05) is 0 Å². The summed E-state index contributed by atoms with van der Waals surface area (Å²) in [5.74, 6) is 0.586. The van der Waals surface area contributed by atoms with Crippen molar-refractivity contribution in [1.82, 2.24) is 9.97 Å². The fourth-order valence-corrected chi connectivity index (χ4v) is 2.97. The summed E-state index contributed by atoms with van der Waals surface area (Å²) in [4.78, 5) is 8.59. The SMILES string of the molecule is FC(F)(F)c1ccc(SCc2cnc(Cl)s2)nc1. The molecule has 0 fully saturated rings. The first-order chi connectivity index (χ1) is 8.45. The zero-order chi connectivity index (χ0) is 13.2. The van der Waals surface area contributed by atoms with E-state index in [2.05, 4.69) is 9.97 Å². The van der Waals surface area contributed by atoms with Gasteiger partial charge in [0, 0.05) is 23.0 Å². The smallest absolute Gasteiger partial charge is 0.249 e. The van der Waals surface area contributed by atoms with Crippen LogP contribution in [-0.4, -0.2) is 9.97 Å². The molecule has 18 heavy (non-hydrogen) atoms. The van der Waals surface area contributed by atoms with Gasteiger partial charge >= 0.3 is 6.18 Å². The zero-order valence-electron chi connectivity index (χ0n) is 8.74. The lowest BCUT2D eigenvalue weighted by molar-refractivity contribution is -0.137. The lowest BCUT2D eigenvalue weighted by Gasteiger charge is -2.06. The van der Waals surface area contributed by atoms with Gasteiger partial charge in [-0.1, -0.05) is 11.6 Å².